The number of hydrogen-bond donors (Lipinski definition) is 4. The number of nitrogens with zero attached hydrogens (tertiary/aromatic N) is 3. The van der Waals surface area contributed by atoms with Crippen molar-refractivity contribution in [1.82, 2.24) is 20.4 Å². The summed E-state index contributed by atoms with van der Waals surface area (Å²) in [6.45, 7) is 2.42. The Bertz CT molecular complexity index is 3230. The maximum Gasteiger partial charge on any atom is 0.329 e. The summed E-state index contributed by atoms with van der Waals surface area (Å²) >= 11 is 0. The van der Waals surface area contributed by atoms with Gasteiger partial charge < -0.3 is 30.3 Å². The number of imide groups is 1. The molecule has 0 aromatic heterocycles. The van der Waals surface area contributed by atoms with Crippen LogP contribution < -0.4 is 20.3 Å². The lowest BCUT2D eigenvalue weighted by Gasteiger charge is -2.46. The number of hydrogen-bond acceptors (Lipinski definition) is 10. The van der Waals surface area contributed by atoms with Gasteiger partial charge in [0.05, 0.1) is 49.0 Å². The summed E-state index contributed by atoms with van der Waals surface area (Å²) in [5.41, 5.74) is 3.41. The molecule has 0 bridgehead atoms. The minimum Gasteiger partial charge on any atom is -0.491 e. The number of morpholine rings is 1. The van der Waals surface area contributed by atoms with Crippen LogP contribution in [0.3, 0.4) is 0 Å². The molecule has 8 atom stereocenters. The largest absolute Gasteiger partial charge is 0.491 e. The van der Waals surface area contributed by atoms with Gasteiger partial charge in [-0.2, -0.15) is 0 Å². The van der Waals surface area contributed by atoms with Crippen LogP contribution in [0.4, 0.5) is 10.5 Å². The van der Waals surface area contributed by atoms with Crippen LogP contribution in [0.5, 0.6) is 5.75 Å². The van der Waals surface area contributed by atoms with Crippen molar-refractivity contribution in [2.45, 2.75) is 55.3 Å². The van der Waals surface area contributed by atoms with E-state index in [1.165, 1.54) is 0 Å². The van der Waals surface area contributed by atoms with Crippen molar-refractivity contribution < 1.29 is 38.9 Å². The first-order valence-corrected chi connectivity index (χ1v) is 25.6. The van der Waals surface area contributed by atoms with E-state index in [1.807, 2.05) is 134 Å². The average Bonchev–Trinajstić information content (AvgIpc) is 3.95. The minimum absolute atomic E-state index is 0.0296. The van der Waals surface area contributed by atoms with Crippen molar-refractivity contribution in [1.29, 1.82) is 0 Å². The zero-order valence-electron chi connectivity index (χ0n) is 42.2. The Hall–Kier alpha value is -8.38. The number of esters is 1. The summed E-state index contributed by atoms with van der Waals surface area (Å²) in [5.74, 6) is 3.29. The van der Waals surface area contributed by atoms with E-state index in [0.717, 1.165) is 21.6 Å². The van der Waals surface area contributed by atoms with Gasteiger partial charge in [0.25, 0.3) is 0 Å². The predicted octanol–water partition coefficient (Wildman–Crippen LogP) is 8.53. The Labute approximate surface area is 442 Å². The van der Waals surface area contributed by atoms with Crippen LogP contribution in [0.25, 0.3) is 0 Å². The fraction of sp³-hybridized carbons (Fsp3) is 0.238. The van der Waals surface area contributed by atoms with Crippen LogP contribution in [-0.4, -0.2) is 83.2 Å². The molecule has 7 aromatic rings. The molecule has 2 saturated heterocycles. The number of aliphatic hydroxyl groups is 2. The highest BCUT2D eigenvalue weighted by Crippen LogP contribution is 2.66. The fourth-order valence-electron chi connectivity index (χ4n) is 11.3. The topological polar surface area (TPSA) is 161 Å². The van der Waals surface area contributed by atoms with Crippen LogP contribution in [0.15, 0.2) is 194 Å². The molecule has 0 saturated carbocycles. The summed E-state index contributed by atoms with van der Waals surface area (Å²) in [7, 11) is 1.98. The van der Waals surface area contributed by atoms with Crippen molar-refractivity contribution in [3.05, 3.63) is 239 Å². The van der Waals surface area contributed by atoms with E-state index >= 15 is 19.2 Å². The van der Waals surface area contributed by atoms with Gasteiger partial charge in [-0.05, 0) is 83.2 Å². The number of anilines is 1. The zero-order valence-corrected chi connectivity index (χ0v) is 42.2. The molecule has 2 fully saturated rings. The molecule has 3 heterocycles. The van der Waals surface area contributed by atoms with Crippen LogP contribution in [0.2, 0.25) is 0 Å². The van der Waals surface area contributed by atoms with E-state index in [-0.39, 0.29) is 25.4 Å². The smallest absolute Gasteiger partial charge is 0.329 e. The van der Waals surface area contributed by atoms with Gasteiger partial charge in [-0.1, -0.05) is 176 Å². The number of carbonyl (C=O) groups excluding carboxylic acids is 4. The zero-order chi connectivity index (χ0) is 52.8. The summed E-state index contributed by atoms with van der Waals surface area (Å²) in [4.78, 5) is 68.7. The van der Waals surface area contributed by atoms with Crippen LogP contribution in [0.1, 0.15) is 81.8 Å². The second-order valence-corrected chi connectivity index (χ2v) is 19.5. The van der Waals surface area contributed by atoms with E-state index in [1.54, 1.807) is 66.7 Å². The Morgan fingerprint density at radius 1 is 0.750 bits per heavy atom. The molecule has 7 aromatic carbocycles. The number of carbonyl (C=O) groups is 4. The number of urea groups is 1. The highest BCUT2D eigenvalue weighted by molar-refractivity contribution is 6.24. The summed E-state index contributed by atoms with van der Waals surface area (Å²) in [5, 5.41) is 27.3. The molecule has 4 N–H and O–H groups in total. The number of fused-ring (bicyclic) bond motifs is 3. The molecular formula is C63H59N5O8. The number of rotatable bonds is 15. The first-order valence-electron chi connectivity index (χ1n) is 25.6. The molecule has 0 radical (unpaired) electrons. The number of benzene rings is 7. The lowest BCUT2D eigenvalue weighted by atomic mass is 9.65. The second-order valence-electron chi connectivity index (χ2n) is 19.5. The Morgan fingerprint density at radius 2 is 1.36 bits per heavy atom. The van der Waals surface area contributed by atoms with Gasteiger partial charge in [-0.3, -0.25) is 24.2 Å². The lowest BCUT2D eigenvalue weighted by Crippen LogP contribution is -2.56. The van der Waals surface area contributed by atoms with Crippen molar-refractivity contribution in [3.8, 4) is 17.6 Å². The highest BCUT2D eigenvalue weighted by atomic mass is 16.6. The standard InChI is InChI=1S/C63H59N5O8/c1-42(45-22-10-4-11-23-45)65-62(74)67-52-35-30-43(21-18-36-66(2)41-44-19-8-3-9-20-44)39-51(52)63(61(67)73)54(59(71)64-40-53(70)46-24-12-5-13-25-46)56-60(72)76-57(48-28-16-7-17-29-48)55(47-26-14-6-15-27-47)68(56)58(63)49-31-33-50(34-32-49)75-38-37-69/h3-17,19-20,22-35,39,42,53-58,69-70H,36-38,40-41H2,1-2H3,(H,64,71)(H,65,74)/t42-,53+,54+,55+,56+,57-,58-,63+/m1/s1. The van der Waals surface area contributed by atoms with E-state index in [4.69, 9.17) is 9.47 Å². The SMILES string of the molecule is C[C@@H](NC(=O)N1C(=O)[C@@]2(c3cc(C#CCN(C)Cc4ccccc4)ccc31)[C@H](C(=O)NC[C@H](O)c1ccccc1)[C@H]1C(=O)O[C@H](c3ccccc3)[C@H](c3ccccc3)N1[C@@H]2c1ccc(OCCO)cc1)c1ccccc1. The summed E-state index contributed by atoms with van der Waals surface area (Å²) in [6, 6.07) is 54.9. The first kappa shape index (κ1) is 51.1. The van der Waals surface area contributed by atoms with Crippen molar-refractivity contribution >= 4 is 29.5 Å². The van der Waals surface area contributed by atoms with Crippen LogP contribution in [-0.2, 0) is 31.1 Å². The van der Waals surface area contributed by atoms with E-state index < -0.39 is 71.5 Å². The number of aliphatic hydroxyl groups excluding tert-OH is 2. The van der Waals surface area contributed by atoms with Gasteiger partial charge in [0.1, 0.15) is 29.9 Å². The van der Waals surface area contributed by atoms with Crippen molar-refractivity contribution in [3.63, 3.8) is 0 Å². The van der Waals surface area contributed by atoms with Gasteiger partial charge in [0.15, 0.2) is 0 Å². The van der Waals surface area contributed by atoms with Crippen molar-refractivity contribution in [2.24, 2.45) is 5.92 Å². The molecule has 384 valence electrons. The fourth-order valence-corrected chi connectivity index (χ4v) is 11.3. The Balaban J connectivity index is 1.20. The third kappa shape index (κ3) is 9.99. The number of cyclic esters (lactones) is 1. The van der Waals surface area contributed by atoms with Gasteiger partial charge in [-0.25, -0.2) is 9.69 Å². The molecule has 13 heteroatoms. The maximum absolute atomic E-state index is 16.8. The number of ether oxygens (including phenoxy) is 2. The van der Waals surface area contributed by atoms with E-state index in [2.05, 4.69) is 39.5 Å². The maximum atomic E-state index is 16.8. The lowest BCUT2D eigenvalue weighted by molar-refractivity contribution is -0.178. The van der Waals surface area contributed by atoms with Gasteiger partial charge in [0.2, 0.25) is 11.8 Å². The van der Waals surface area contributed by atoms with E-state index in [0.29, 0.717) is 46.7 Å². The first-order chi connectivity index (χ1) is 37.1. The molecular weight excluding hydrogens is 955 g/mol. The molecule has 3 aliphatic heterocycles. The molecule has 4 amide bonds. The minimum atomic E-state index is -2.07. The van der Waals surface area contributed by atoms with E-state index in [9.17, 15) is 10.2 Å². The third-order valence-electron chi connectivity index (χ3n) is 14.7. The predicted molar refractivity (Wildman–Crippen MR) is 288 cm³/mol. The molecule has 10 rings (SSSR count). The van der Waals surface area contributed by atoms with Gasteiger partial charge >= 0.3 is 12.0 Å². The third-order valence-corrected chi connectivity index (χ3v) is 14.7. The molecule has 13 nitrogen and oxygen atoms in total. The average molecular weight is 1010 g/mol. The summed E-state index contributed by atoms with van der Waals surface area (Å²) in [6.07, 6.45) is -2.10. The molecule has 76 heavy (non-hydrogen) atoms. The van der Waals surface area contributed by atoms with Crippen LogP contribution >= 0.6 is 0 Å². The van der Waals surface area contributed by atoms with Crippen LogP contribution in [0, 0.1) is 17.8 Å². The number of amides is 4. The Kier molecular flexibility index (Phi) is 15.2. The molecule has 0 aliphatic carbocycles. The van der Waals surface area contributed by atoms with Crippen molar-refractivity contribution in [2.75, 3.05) is 38.3 Å². The van der Waals surface area contributed by atoms with Gasteiger partial charge in [-0.15, -0.1) is 0 Å². The Morgan fingerprint density at radius 3 is 2.00 bits per heavy atom. The normalized spacial score (nSPS) is 21.4. The molecule has 1 spiro atoms. The molecule has 3 aliphatic rings. The second kappa shape index (κ2) is 22.6. The van der Waals surface area contributed by atoms with Gasteiger partial charge in [0, 0.05) is 18.7 Å². The molecule has 0 unspecified atom stereocenters. The summed E-state index contributed by atoms with van der Waals surface area (Å²) < 4.78 is 12.5. The monoisotopic (exact) mass is 1010 g/mol. The highest BCUT2D eigenvalue weighted by Gasteiger charge is 2.75. The number of nitrogens with one attached hydrogen (secondary N) is 2. The quantitative estimate of drug-likeness (QED) is 0.0579.